The van der Waals surface area contributed by atoms with Gasteiger partial charge in [0.15, 0.2) is 17.3 Å². The van der Waals surface area contributed by atoms with E-state index < -0.39 is 5.60 Å². The maximum atomic E-state index is 12.4. The molecule has 0 saturated carbocycles. The predicted molar refractivity (Wildman–Crippen MR) is 116 cm³/mol. The average Bonchev–Trinajstić information content (AvgIpc) is 3.35. The molecular weight excluding hydrogens is 412 g/mol. The van der Waals surface area contributed by atoms with Crippen molar-refractivity contribution in [3.8, 4) is 17.2 Å². The summed E-state index contributed by atoms with van der Waals surface area (Å²) < 4.78 is 19.9. The number of amides is 1. The van der Waals surface area contributed by atoms with Crippen LogP contribution in [0.4, 0.5) is 4.79 Å². The molecule has 1 aromatic carbocycles. The highest BCUT2D eigenvalue weighted by atomic mass is 16.6. The van der Waals surface area contributed by atoms with Crippen LogP contribution in [0.25, 0.3) is 5.69 Å². The second-order valence-electron chi connectivity index (χ2n) is 8.62. The Bertz CT molecular complexity index is 1080. The molecule has 3 aromatic rings. The molecule has 170 valence electrons. The number of carbonyl (C=O) groups is 1. The van der Waals surface area contributed by atoms with E-state index in [1.807, 2.05) is 51.2 Å². The number of hydrogen-bond donors (Lipinski definition) is 0. The summed E-state index contributed by atoms with van der Waals surface area (Å²) in [6.45, 7) is 7.05. The second-order valence-corrected chi connectivity index (χ2v) is 8.62. The minimum Gasteiger partial charge on any atom is -0.493 e. The molecule has 1 fully saturated rings. The molecule has 10 heteroatoms. The van der Waals surface area contributed by atoms with Crippen LogP contribution < -0.4 is 9.47 Å². The Labute approximate surface area is 186 Å². The lowest BCUT2D eigenvalue weighted by Gasteiger charge is -2.39. The van der Waals surface area contributed by atoms with Gasteiger partial charge in [-0.3, -0.25) is 4.68 Å². The van der Waals surface area contributed by atoms with E-state index in [1.165, 1.54) is 0 Å². The maximum absolute atomic E-state index is 12.4. The highest BCUT2D eigenvalue weighted by Gasteiger charge is 2.38. The van der Waals surface area contributed by atoms with Crippen molar-refractivity contribution >= 4 is 6.09 Å². The molecule has 0 spiro atoms. The van der Waals surface area contributed by atoms with E-state index in [0.29, 0.717) is 37.0 Å². The van der Waals surface area contributed by atoms with Crippen molar-refractivity contribution in [3.05, 3.63) is 48.3 Å². The van der Waals surface area contributed by atoms with E-state index in [9.17, 15) is 4.79 Å². The van der Waals surface area contributed by atoms with Crippen molar-refractivity contribution in [3.63, 3.8) is 0 Å². The van der Waals surface area contributed by atoms with Gasteiger partial charge in [-0.15, -0.1) is 5.10 Å². The molecule has 2 aromatic heterocycles. The van der Waals surface area contributed by atoms with Crippen LogP contribution in [0.1, 0.15) is 38.3 Å². The summed E-state index contributed by atoms with van der Waals surface area (Å²) in [5.41, 5.74) is 0.270. The Hall–Kier alpha value is -3.56. The van der Waals surface area contributed by atoms with Gasteiger partial charge in [-0.05, 0) is 39.0 Å². The lowest BCUT2D eigenvalue weighted by atomic mass is 10.00. The number of methoxy groups -OCH3 is 2. The number of benzene rings is 1. The molecule has 32 heavy (non-hydrogen) atoms. The van der Waals surface area contributed by atoms with Crippen molar-refractivity contribution < 1.29 is 19.0 Å². The molecular formula is C22H28N6O4. The summed E-state index contributed by atoms with van der Waals surface area (Å²) in [6.07, 6.45) is 3.27. The zero-order valence-corrected chi connectivity index (χ0v) is 19.0. The van der Waals surface area contributed by atoms with E-state index in [0.717, 1.165) is 11.5 Å². The van der Waals surface area contributed by atoms with Crippen LogP contribution in [0.3, 0.4) is 0 Å². The third kappa shape index (κ3) is 4.53. The Morgan fingerprint density at radius 3 is 2.53 bits per heavy atom. The molecule has 1 aliphatic heterocycles. The van der Waals surface area contributed by atoms with Gasteiger partial charge in [0.1, 0.15) is 18.0 Å². The summed E-state index contributed by atoms with van der Waals surface area (Å²) in [5, 5.41) is 8.98. The van der Waals surface area contributed by atoms with Crippen molar-refractivity contribution in [2.75, 3.05) is 27.3 Å². The van der Waals surface area contributed by atoms with Gasteiger partial charge in [-0.2, -0.15) is 5.10 Å². The SMILES string of the molecule is COc1ccc(-n2nc(Cn3cccn3)nc2C2CN(C(=O)OC(C)(C)C)C2)cc1OC. The van der Waals surface area contributed by atoms with Gasteiger partial charge in [0, 0.05) is 31.5 Å². The van der Waals surface area contributed by atoms with Gasteiger partial charge in [-0.25, -0.2) is 14.5 Å². The molecule has 3 heterocycles. The molecule has 4 rings (SSSR count). The maximum Gasteiger partial charge on any atom is 0.410 e. The van der Waals surface area contributed by atoms with Gasteiger partial charge < -0.3 is 19.1 Å². The third-order valence-electron chi connectivity index (χ3n) is 5.05. The number of ether oxygens (including phenoxy) is 3. The van der Waals surface area contributed by atoms with Gasteiger partial charge in [-0.1, -0.05) is 0 Å². The van der Waals surface area contributed by atoms with E-state index in [1.54, 1.807) is 34.7 Å². The summed E-state index contributed by atoms with van der Waals surface area (Å²) in [4.78, 5) is 18.8. The summed E-state index contributed by atoms with van der Waals surface area (Å²) in [5.74, 6) is 2.68. The van der Waals surface area contributed by atoms with Gasteiger partial charge >= 0.3 is 6.09 Å². The predicted octanol–water partition coefficient (Wildman–Crippen LogP) is 2.86. The molecule has 10 nitrogen and oxygen atoms in total. The summed E-state index contributed by atoms with van der Waals surface area (Å²) >= 11 is 0. The number of aromatic nitrogens is 5. The van der Waals surface area contributed by atoms with E-state index in [4.69, 9.17) is 24.3 Å². The van der Waals surface area contributed by atoms with E-state index in [2.05, 4.69) is 5.10 Å². The molecule has 0 bridgehead atoms. The van der Waals surface area contributed by atoms with Crippen LogP contribution in [-0.4, -0.2) is 68.4 Å². The number of rotatable bonds is 6. The molecule has 1 amide bonds. The lowest BCUT2D eigenvalue weighted by molar-refractivity contribution is 0.00734. The largest absolute Gasteiger partial charge is 0.493 e. The average molecular weight is 441 g/mol. The normalized spacial score (nSPS) is 14.2. The number of likely N-dealkylation sites (tertiary alicyclic amines) is 1. The molecule has 0 radical (unpaired) electrons. The molecule has 0 N–H and O–H groups in total. The summed E-state index contributed by atoms with van der Waals surface area (Å²) in [7, 11) is 3.19. The highest BCUT2D eigenvalue weighted by molar-refractivity contribution is 5.69. The molecule has 1 saturated heterocycles. The number of carbonyl (C=O) groups excluding carboxylic acids is 1. The van der Waals surface area contributed by atoms with Crippen molar-refractivity contribution in [1.29, 1.82) is 0 Å². The quantitative estimate of drug-likeness (QED) is 0.581. The Morgan fingerprint density at radius 2 is 1.91 bits per heavy atom. The topological polar surface area (TPSA) is 96.5 Å². The molecule has 0 atom stereocenters. The fraction of sp³-hybridized carbons (Fsp3) is 0.455. The first-order valence-corrected chi connectivity index (χ1v) is 10.4. The minimum absolute atomic E-state index is 0.0366. The van der Waals surface area contributed by atoms with Crippen LogP contribution in [0.5, 0.6) is 11.5 Å². The van der Waals surface area contributed by atoms with Crippen molar-refractivity contribution in [2.45, 2.75) is 38.8 Å². The standard InChI is InChI=1S/C22H28N6O4/c1-22(2,3)32-21(29)26-12-15(13-26)20-24-19(14-27-10-6-9-23-27)25-28(20)16-7-8-17(30-4)18(11-16)31-5/h6-11,15H,12-14H2,1-5H3. The van der Waals surface area contributed by atoms with Crippen LogP contribution in [0, 0.1) is 0 Å². The number of nitrogens with zero attached hydrogens (tertiary/aromatic N) is 6. The van der Waals surface area contributed by atoms with Crippen LogP contribution in [-0.2, 0) is 11.3 Å². The van der Waals surface area contributed by atoms with Gasteiger partial charge in [0.2, 0.25) is 0 Å². The zero-order valence-electron chi connectivity index (χ0n) is 19.0. The second kappa shape index (κ2) is 8.52. The van der Waals surface area contributed by atoms with Crippen molar-refractivity contribution in [2.24, 2.45) is 0 Å². The first-order chi connectivity index (χ1) is 15.3. The zero-order chi connectivity index (χ0) is 22.9. The van der Waals surface area contributed by atoms with Crippen LogP contribution >= 0.6 is 0 Å². The molecule has 0 unspecified atom stereocenters. The smallest absolute Gasteiger partial charge is 0.410 e. The fourth-order valence-corrected chi connectivity index (χ4v) is 3.50. The van der Waals surface area contributed by atoms with E-state index in [-0.39, 0.29) is 12.0 Å². The monoisotopic (exact) mass is 440 g/mol. The third-order valence-corrected chi connectivity index (χ3v) is 5.05. The fourth-order valence-electron chi connectivity index (χ4n) is 3.50. The first kappa shape index (κ1) is 21.7. The Kier molecular flexibility index (Phi) is 5.77. The van der Waals surface area contributed by atoms with E-state index >= 15 is 0 Å². The van der Waals surface area contributed by atoms with Crippen LogP contribution in [0.15, 0.2) is 36.7 Å². The summed E-state index contributed by atoms with van der Waals surface area (Å²) in [6, 6.07) is 7.46. The molecule has 1 aliphatic rings. The van der Waals surface area contributed by atoms with Gasteiger partial charge in [0.25, 0.3) is 0 Å². The molecule has 0 aliphatic carbocycles. The Balaban J connectivity index is 1.61. The van der Waals surface area contributed by atoms with Gasteiger partial charge in [0.05, 0.1) is 25.8 Å². The van der Waals surface area contributed by atoms with Crippen LogP contribution in [0.2, 0.25) is 0 Å². The highest BCUT2D eigenvalue weighted by Crippen LogP contribution is 2.32. The minimum atomic E-state index is -0.529. The van der Waals surface area contributed by atoms with Crippen molar-refractivity contribution in [1.82, 2.24) is 29.4 Å². The first-order valence-electron chi connectivity index (χ1n) is 10.4. The Morgan fingerprint density at radius 1 is 1.16 bits per heavy atom. The number of hydrogen-bond acceptors (Lipinski definition) is 7. The lowest BCUT2D eigenvalue weighted by Crippen LogP contribution is -2.50.